The minimum atomic E-state index is -1.12. The molecule has 0 heterocycles. The SMILES string of the molecule is COCC(NC(=O)NC(C)CSC)C(=O)O. The van der Waals surface area contributed by atoms with Crippen LogP contribution < -0.4 is 10.6 Å². The van der Waals surface area contributed by atoms with Crippen molar-refractivity contribution in [3.63, 3.8) is 0 Å². The normalized spacial score (nSPS) is 13.9. The van der Waals surface area contributed by atoms with Crippen molar-refractivity contribution in [1.82, 2.24) is 10.6 Å². The summed E-state index contributed by atoms with van der Waals surface area (Å²) >= 11 is 1.60. The summed E-state index contributed by atoms with van der Waals surface area (Å²) in [4.78, 5) is 22.1. The highest BCUT2D eigenvalue weighted by Gasteiger charge is 2.20. The summed E-state index contributed by atoms with van der Waals surface area (Å²) in [5.74, 6) is -0.343. The Morgan fingerprint density at radius 1 is 1.44 bits per heavy atom. The number of amides is 2. The first kappa shape index (κ1) is 15.0. The Morgan fingerprint density at radius 2 is 2.06 bits per heavy atom. The Bertz CT molecular complexity index is 238. The van der Waals surface area contributed by atoms with E-state index in [9.17, 15) is 9.59 Å². The van der Waals surface area contributed by atoms with Crippen LogP contribution in [-0.2, 0) is 9.53 Å². The zero-order valence-electron chi connectivity index (χ0n) is 9.65. The fourth-order valence-corrected chi connectivity index (χ4v) is 1.64. The smallest absolute Gasteiger partial charge is 0.328 e. The van der Waals surface area contributed by atoms with Crippen LogP contribution in [0.15, 0.2) is 0 Å². The molecule has 7 heteroatoms. The predicted molar refractivity (Wildman–Crippen MR) is 62.8 cm³/mol. The van der Waals surface area contributed by atoms with E-state index in [0.717, 1.165) is 5.75 Å². The molecule has 6 nitrogen and oxygen atoms in total. The maximum absolute atomic E-state index is 11.4. The second kappa shape index (κ2) is 8.23. The first-order valence-corrected chi connectivity index (χ1v) is 6.18. The number of aliphatic carboxylic acids is 1. The fraction of sp³-hybridized carbons (Fsp3) is 0.778. The predicted octanol–water partition coefficient (Wildman–Crippen LogP) is 0.137. The van der Waals surface area contributed by atoms with Gasteiger partial charge in [0.1, 0.15) is 0 Å². The Hall–Kier alpha value is -0.950. The number of thioether (sulfide) groups is 1. The number of ether oxygens (including phenoxy) is 1. The molecule has 0 spiro atoms. The van der Waals surface area contributed by atoms with Gasteiger partial charge in [0, 0.05) is 18.9 Å². The minimum absolute atomic E-state index is 0.00742. The second-order valence-electron chi connectivity index (χ2n) is 3.32. The summed E-state index contributed by atoms with van der Waals surface area (Å²) in [7, 11) is 1.38. The van der Waals surface area contributed by atoms with Crippen LogP contribution in [0.1, 0.15) is 6.92 Å². The van der Waals surface area contributed by atoms with Crippen molar-refractivity contribution in [1.29, 1.82) is 0 Å². The molecule has 2 unspecified atom stereocenters. The number of carboxylic acid groups (broad SMARTS) is 1. The molecule has 0 bridgehead atoms. The van der Waals surface area contributed by atoms with Crippen LogP contribution in [0.3, 0.4) is 0 Å². The Morgan fingerprint density at radius 3 is 2.50 bits per heavy atom. The highest BCUT2D eigenvalue weighted by atomic mass is 32.2. The largest absolute Gasteiger partial charge is 0.480 e. The average molecular weight is 250 g/mol. The van der Waals surface area contributed by atoms with Crippen LogP contribution in [0, 0.1) is 0 Å². The lowest BCUT2D eigenvalue weighted by Crippen LogP contribution is -2.50. The average Bonchev–Trinajstić information content (AvgIpc) is 2.16. The molecule has 0 aliphatic heterocycles. The van der Waals surface area contributed by atoms with Crippen molar-refractivity contribution in [2.45, 2.75) is 19.0 Å². The summed E-state index contributed by atoms with van der Waals surface area (Å²) in [5.41, 5.74) is 0. The van der Waals surface area contributed by atoms with E-state index in [2.05, 4.69) is 10.6 Å². The molecule has 0 aromatic heterocycles. The summed E-state index contributed by atoms with van der Waals surface area (Å²) in [6, 6.07) is -1.52. The van der Waals surface area contributed by atoms with Crippen LogP contribution in [-0.4, -0.2) is 54.9 Å². The first-order valence-electron chi connectivity index (χ1n) is 4.79. The highest BCUT2D eigenvalue weighted by molar-refractivity contribution is 7.98. The molecule has 3 N–H and O–H groups in total. The number of carbonyl (C=O) groups is 2. The van der Waals surface area contributed by atoms with Gasteiger partial charge in [-0.3, -0.25) is 0 Å². The van der Waals surface area contributed by atoms with Crippen molar-refractivity contribution >= 4 is 23.8 Å². The molecule has 0 aromatic rings. The molecule has 16 heavy (non-hydrogen) atoms. The molecular formula is C9H18N2O4S. The molecule has 0 aliphatic carbocycles. The minimum Gasteiger partial charge on any atom is -0.480 e. The summed E-state index contributed by atoms with van der Waals surface area (Å²) in [5, 5.41) is 13.7. The second-order valence-corrected chi connectivity index (χ2v) is 4.23. The third-order valence-electron chi connectivity index (χ3n) is 1.73. The van der Waals surface area contributed by atoms with Gasteiger partial charge in [0.05, 0.1) is 6.61 Å². The lowest BCUT2D eigenvalue weighted by molar-refractivity contribution is -0.140. The number of carbonyl (C=O) groups excluding carboxylic acids is 1. The molecule has 94 valence electrons. The Labute approximate surface area is 99.1 Å². The number of methoxy groups -OCH3 is 1. The maximum atomic E-state index is 11.4. The topological polar surface area (TPSA) is 87.7 Å². The third-order valence-corrected chi connectivity index (χ3v) is 2.56. The highest BCUT2D eigenvalue weighted by Crippen LogP contribution is 1.95. The van der Waals surface area contributed by atoms with Gasteiger partial charge in [-0.1, -0.05) is 0 Å². The molecule has 0 aliphatic rings. The monoisotopic (exact) mass is 250 g/mol. The van der Waals surface area contributed by atoms with Crippen LogP contribution in [0.2, 0.25) is 0 Å². The number of urea groups is 1. The molecule has 0 rings (SSSR count). The van der Waals surface area contributed by atoms with E-state index >= 15 is 0 Å². The van der Waals surface area contributed by atoms with Gasteiger partial charge in [-0.05, 0) is 13.2 Å². The Balaban J connectivity index is 4.04. The number of rotatable bonds is 7. The van der Waals surface area contributed by atoms with E-state index in [1.54, 1.807) is 11.8 Å². The Kier molecular flexibility index (Phi) is 7.74. The molecule has 0 saturated heterocycles. The van der Waals surface area contributed by atoms with E-state index in [-0.39, 0.29) is 12.6 Å². The van der Waals surface area contributed by atoms with Gasteiger partial charge in [0.25, 0.3) is 0 Å². The van der Waals surface area contributed by atoms with Crippen LogP contribution in [0.5, 0.6) is 0 Å². The van der Waals surface area contributed by atoms with E-state index in [4.69, 9.17) is 9.84 Å². The maximum Gasteiger partial charge on any atom is 0.328 e. The zero-order valence-corrected chi connectivity index (χ0v) is 10.5. The van der Waals surface area contributed by atoms with Gasteiger partial charge in [0.15, 0.2) is 6.04 Å². The molecule has 0 saturated carbocycles. The summed E-state index contributed by atoms with van der Waals surface area (Å²) < 4.78 is 4.69. The summed E-state index contributed by atoms with van der Waals surface area (Å²) in [6.45, 7) is 1.79. The van der Waals surface area contributed by atoms with Gasteiger partial charge >= 0.3 is 12.0 Å². The van der Waals surface area contributed by atoms with E-state index in [0.29, 0.717) is 0 Å². The molecule has 2 amide bonds. The van der Waals surface area contributed by atoms with Crippen molar-refractivity contribution in [3.05, 3.63) is 0 Å². The fourth-order valence-electron chi connectivity index (χ4n) is 1.06. The van der Waals surface area contributed by atoms with Crippen molar-refractivity contribution in [3.8, 4) is 0 Å². The van der Waals surface area contributed by atoms with E-state index < -0.39 is 18.0 Å². The number of hydrogen-bond acceptors (Lipinski definition) is 4. The van der Waals surface area contributed by atoms with Gasteiger partial charge in [-0.2, -0.15) is 11.8 Å². The first-order chi connectivity index (χ1) is 7.51. The number of nitrogens with one attached hydrogen (secondary N) is 2. The van der Waals surface area contributed by atoms with Gasteiger partial charge in [0.2, 0.25) is 0 Å². The van der Waals surface area contributed by atoms with E-state index in [1.165, 1.54) is 7.11 Å². The quantitative estimate of drug-likeness (QED) is 0.598. The number of hydrogen-bond donors (Lipinski definition) is 3. The molecule has 0 aromatic carbocycles. The van der Waals surface area contributed by atoms with Crippen molar-refractivity contribution in [2.24, 2.45) is 0 Å². The third kappa shape index (κ3) is 6.52. The summed E-state index contributed by atoms with van der Waals surface area (Å²) in [6.07, 6.45) is 1.93. The molecule has 0 radical (unpaired) electrons. The molecule has 2 atom stereocenters. The zero-order chi connectivity index (χ0) is 12.6. The van der Waals surface area contributed by atoms with Gasteiger partial charge < -0.3 is 20.5 Å². The van der Waals surface area contributed by atoms with Crippen LogP contribution >= 0.6 is 11.8 Å². The van der Waals surface area contributed by atoms with Gasteiger partial charge in [-0.15, -0.1) is 0 Å². The van der Waals surface area contributed by atoms with Crippen LogP contribution in [0.25, 0.3) is 0 Å². The molecule has 0 fully saturated rings. The number of carboxylic acids is 1. The lowest BCUT2D eigenvalue weighted by atomic mass is 10.3. The standard InChI is InChI=1S/C9H18N2O4S/c1-6(5-16-3)10-9(14)11-7(4-15-2)8(12)13/h6-7H,4-5H2,1-3H3,(H,12,13)(H2,10,11,14). The van der Waals surface area contributed by atoms with Crippen LogP contribution in [0.4, 0.5) is 4.79 Å². The van der Waals surface area contributed by atoms with Crippen molar-refractivity contribution < 1.29 is 19.4 Å². The van der Waals surface area contributed by atoms with E-state index in [1.807, 2.05) is 13.2 Å². The van der Waals surface area contributed by atoms with Crippen molar-refractivity contribution in [2.75, 3.05) is 25.7 Å². The lowest BCUT2D eigenvalue weighted by Gasteiger charge is -2.17. The van der Waals surface area contributed by atoms with Gasteiger partial charge in [-0.25, -0.2) is 9.59 Å². The molecular weight excluding hydrogens is 232 g/mol.